The number of nitrogens with one attached hydrogen (secondary N) is 1. The Balaban J connectivity index is 1.98. The Morgan fingerprint density at radius 3 is 2.45 bits per heavy atom. The van der Waals surface area contributed by atoms with Crippen molar-refractivity contribution >= 4 is 17.3 Å². The van der Waals surface area contributed by atoms with Crippen LogP contribution in [0.1, 0.15) is 27.2 Å². The number of ether oxygens (including phenoxy) is 1. The van der Waals surface area contributed by atoms with Crippen LogP contribution in [0.25, 0.3) is 0 Å². The lowest BCUT2D eigenvalue weighted by atomic mass is 9.95. The van der Waals surface area contributed by atoms with Gasteiger partial charge in [-0.2, -0.15) is 0 Å². The fourth-order valence-corrected chi connectivity index (χ4v) is 2.23. The van der Waals surface area contributed by atoms with Gasteiger partial charge in [-0.15, -0.1) is 0 Å². The highest BCUT2D eigenvalue weighted by Gasteiger charge is 2.23. The van der Waals surface area contributed by atoms with E-state index in [4.69, 9.17) is 4.74 Å². The fourth-order valence-electron chi connectivity index (χ4n) is 2.23. The van der Waals surface area contributed by atoms with Gasteiger partial charge in [-0.3, -0.25) is 4.79 Å². The van der Waals surface area contributed by atoms with Crippen molar-refractivity contribution in [2.45, 2.75) is 33.3 Å². The first kappa shape index (κ1) is 14.9. The summed E-state index contributed by atoms with van der Waals surface area (Å²) < 4.78 is 5.38. The Bertz CT molecular complexity index is 462. The molecule has 0 aliphatic carbocycles. The first-order valence-electron chi connectivity index (χ1n) is 7.09. The van der Waals surface area contributed by atoms with E-state index in [-0.39, 0.29) is 11.3 Å². The standard InChI is InChI=1S/C16H24N2O2/c1-16(2,3)15(19)17-12-5-7-13(8-6-12)18-10-9-14(11-18)20-4/h5-8,14H,9-11H2,1-4H3,(H,17,19). The fraction of sp³-hybridized carbons (Fsp3) is 0.562. The summed E-state index contributed by atoms with van der Waals surface area (Å²) in [6, 6.07) is 8.02. The lowest BCUT2D eigenvalue weighted by Gasteiger charge is -2.20. The second kappa shape index (κ2) is 5.83. The summed E-state index contributed by atoms with van der Waals surface area (Å²) in [7, 11) is 1.76. The first-order chi connectivity index (χ1) is 9.40. The maximum absolute atomic E-state index is 11.9. The molecule has 1 aromatic carbocycles. The van der Waals surface area contributed by atoms with Gasteiger partial charge >= 0.3 is 0 Å². The van der Waals surface area contributed by atoms with E-state index in [9.17, 15) is 4.79 Å². The third-order valence-electron chi connectivity index (χ3n) is 3.65. The molecule has 1 N–H and O–H groups in total. The third-order valence-corrected chi connectivity index (χ3v) is 3.65. The number of benzene rings is 1. The number of amides is 1. The molecule has 1 saturated heterocycles. The Hall–Kier alpha value is -1.55. The number of methoxy groups -OCH3 is 1. The van der Waals surface area contributed by atoms with Gasteiger partial charge in [0.15, 0.2) is 0 Å². The summed E-state index contributed by atoms with van der Waals surface area (Å²) >= 11 is 0. The summed E-state index contributed by atoms with van der Waals surface area (Å²) in [6.07, 6.45) is 1.40. The van der Waals surface area contributed by atoms with Crippen molar-refractivity contribution < 1.29 is 9.53 Å². The SMILES string of the molecule is COC1CCN(c2ccc(NC(=O)C(C)(C)C)cc2)C1. The number of carbonyl (C=O) groups is 1. The zero-order valence-electron chi connectivity index (χ0n) is 12.8. The van der Waals surface area contributed by atoms with Gasteiger partial charge in [0.25, 0.3) is 0 Å². The number of rotatable bonds is 3. The second-order valence-electron chi connectivity index (χ2n) is 6.34. The summed E-state index contributed by atoms with van der Waals surface area (Å²) in [5, 5.41) is 2.94. The molecule has 0 spiro atoms. The molecule has 4 nitrogen and oxygen atoms in total. The van der Waals surface area contributed by atoms with Gasteiger partial charge in [0.2, 0.25) is 5.91 Å². The monoisotopic (exact) mass is 276 g/mol. The van der Waals surface area contributed by atoms with Gasteiger partial charge < -0.3 is 15.0 Å². The van der Waals surface area contributed by atoms with E-state index in [0.717, 1.165) is 25.2 Å². The topological polar surface area (TPSA) is 41.6 Å². The minimum atomic E-state index is -0.376. The molecular weight excluding hydrogens is 252 g/mol. The average Bonchev–Trinajstić information content (AvgIpc) is 2.87. The largest absolute Gasteiger partial charge is 0.380 e. The van der Waals surface area contributed by atoms with Gasteiger partial charge in [-0.25, -0.2) is 0 Å². The molecule has 4 heteroatoms. The molecule has 110 valence electrons. The van der Waals surface area contributed by atoms with Crippen molar-refractivity contribution in [2.24, 2.45) is 5.41 Å². The minimum absolute atomic E-state index is 0.0332. The van der Waals surface area contributed by atoms with E-state index in [1.807, 2.05) is 32.9 Å². The Morgan fingerprint density at radius 2 is 1.95 bits per heavy atom. The normalized spacial score (nSPS) is 19.2. The molecule has 1 heterocycles. The van der Waals surface area contributed by atoms with Crippen LogP contribution in [0, 0.1) is 5.41 Å². The molecule has 0 aromatic heterocycles. The molecule has 1 atom stereocenters. The van der Waals surface area contributed by atoms with Gasteiger partial charge in [0.05, 0.1) is 6.10 Å². The summed E-state index contributed by atoms with van der Waals surface area (Å²) in [4.78, 5) is 14.2. The third kappa shape index (κ3) is 3.51. The highest BCUT2D eigenvalue weighted by Crippen LogP contribution is 2.24. The number of nitrogens with zero attached hydrogens (tertiary/aromatic N) is 1. The quantitative estimate of drug-likeness (QED) is 0.923. The van der Waals surface area contributed by atoms with Crippen LogP contribution in [0.3, 0.4) is 0 Å². The van der Waals surface area contributed by atoms with Crippen molar-refractivity contribution in [1.82, 2.24) is 0 Å². The van der Waals surface area contributed by atoms with E-state index >= 15 is 0 Å². The molecule has 1 aliphatic heterocycles. The number of anilines is 2. The van der Waals surface area contributed by atoms with Crippen LogP contribution in [-0.2, 0) is 9.53 Å². The van der Waals surface area contributed by atoms with Crippen molar-refractivity contribution in [3.8, 4) is 0 Å². The molecule has 2 rings (SSSR count). The molecule has 20 heavy (non-hydrogen) atoms. The summed E-state index contributed by atoms with van der Waals surface area (Å²) in [6.45, 7) is 7.68. The van der Waals surface area contributed by atoms with Crippen LogP contribution in [-0.4, -0.2) is 32.2 Å². The Labute approximate surface area is 121 Å². The zero-order valence-corrected chi connectivity index (χ0v) is 12.8. The van der Waals surface area contributed by atoms with E-state index in [0.29, 0.717) is 6.10 Å². The molecule has 1 fully saturated rings. The highest BCUT2D eigenvalue weighted by molar-refractivity contribution is 5.94. The van der Waals surface area contributed by atoms with Crippen LogP contribution in [0.2, 0.25) is 0 Å². The summed E-state index contributed by atoms with van der Waals surface area (Å²) in [5.74, 6) is 0.0332. The molecule has 0 bridgehead atoms. The van der Waals surface area contributed by atoms with E-state index in [1.165, 1.54) is 5.69 Å². The van der Waals surface area contributed by atoms with Gasteiger partial charge in [0.1, 0.15) is 0 Å². The minimum Gasteiger partial charge on any atom is -0.380 e. The van der Waals surface area contributed by atoms with Crippen molar-refractivity contribution in [3.63, 3.8) is 0 Å². The smallest absolute Gasteiger partial charge is 0.229 e. The maximum atomic E-state index is 11.9. The lowest BCUT2D eigenvalue weighted by molar-refractivity contribution is -0.123. The Kier molecular flexibility index (Phi) is 4.33. The molecule has 1 aromatic rings. The van der Waals surface area contributed by atoms with Crippen LogP contribution in [0.15, 0.2) is 24.3 Å². The van der Waals surface area contributed by atoms with Crippen molar-refractivity contribution in [2.75, 3.05) is 30.4 Å². The average molecular weight is 276 g/mol. The number of hydrogen-bond acceptors (Lipinski definition) is 3. The van der Waals surface area contributed by atoms with E-state index < -0.39 is 0 Å². The molecule has 1 amide bonds. The Morgan fingerprint density at radius 1 is 1.30 bits per heavy atom. The second-order valence-corrected chi connectivity index (χ2v) is 6.34. The zero-order chi connectivity index (χ0) is 14.8. The predicted molar refractivity (Wildman–Crippen MR) is 82.2 cm³/mol. The van der Waals surface area contributed by atoms with Crippen LogP contribution < -0.4 is 10.2 Å². The van der Waals surface area contributed by atoms with Crippen molar-refractivity contribution in [1.29, 1.82) is 0 Å². The van der Waals surface area contributed by atoms with E-state index in [1.54, 1.807) is 7.11 Å². The van der Waals surface area contributed by atoms with E-state index in [2.05, 4.69) is 22.3 Å². The summed E-state index contributed by atoms with van der Waals surface area (Å²) in [5.41, 5.74) is 1.65. The molecule has 0 radical (unpaired) electrons. The van der Waals surface area contributed by atoms with Gasteiger partial charge in [0, 0.05) is 37.0 Å². The molecule has 0 saturated carbocycles. The number of carbonyl (C=O) groups excluding carboxylic acids is 1. The number of hydrogen-bond donors (Lipinski definition) is 1. The predicted octanol–water partition coefficient (Wildman–Crippen LogP) is 2.90. The van der Waals surface area contributed by atoms with Gasteiger partial charge in [-0.1, -0.05) is 20.8 Å². The van der Waals surface area contributed by atoms with Crippen LogP contribution in [0.5, 0.6) is 0 Å². The molecule has 1 unspecified atom stereocenters. The first-order valence-corrected chi connectivity index (χ1v) is 7.09. The van der Waals surface area contributed by atoms with Crippen LogP contribution >= 0.6 is 0 Å². The van der Waals surface area contributed by atoms with Crippen molar-refractivity contribution in [3.05, 3.63) is 24.3 Å². The lowest BCUT2D eigenvalue weighted by Crippen LogP contribution is -2.27. The molecule has 1 aliphatic rings. The van der Waals surface area contributed by atoms with Gasteiger partial charge in [-0.05, 0) is 30.7 Å². The highest BCUT2D eigenvalue weighted by atomic mass is 16.5. The maximum Gasteiger partial charge on any atom is 0.229 e. The molecular formula is C16H24N2O2. The van der Waals surface area contributed by atoms with Crippen LogP contribution in [0.4, 0.5) is 11.4 Å².